The number of halogens is 2. The molecule has 3 aromatic carbocycles. The molecule has 0 fully saturated rings. The Labute approximate surface area is 243 Å². The van der Waals surface area contributed by atoms with Crippen molar-refractivity contribution in [2.24, 2.45) is 5.10 Å². The second-order valence-electron chi connectivity index (χ2n) is 8.83. The zero-order valence-corrected chi connectivity index (χ0v) is 25.0. The summed E-state index contributed by atoms with van der Waals surface area (Å²) < 4.78 is 14.1. The van der Waals surface area contributed by atoms with Gasteiger partial charge in [-0.2, -0.15) is 9.78 Å². The number of hydrogen-bond acceptors (Lipinski definition) is 6. The first kappa shape index (κ1) is 28.5. The van der Waals surface area contributed by atoms with Crippen LogP contribution in [0.3, 0.4) is 0 Å². The number of para-hydroxylation sites is 1. The molecule has 8 nitrogen and oxygen atoms in total. The van der Waals surface area contributed by atoms with Gasteiger partial charge in [0.25, 0.3) is 11.5 Å². The van der Waals surface area contributed by atoms with Crippen molar-refractivity contribution in [3.63, 3.8) is 0 Å². The third-order valence-electron chi connectivity index (χ3n) is 6.00. The van der Waals surface area contributed by atoms with E-state index in [0.717, 1.165) is 28.6 Å². The third-order valence-corrected chi connectivity index (χ3v) is 7.18. The number of amides is 1. The molecule has 1 N–H and O–H groups in total. The smallest absolute Gasteiger partial charge is 0.282 e. The van der Waals surface area contributed by atoms with Crippen LogP contribution < -0.4 is 20.3 Å². The number of carbonyl (C=O) groups is 1. The molecule has 0 unspecified atom stereocenters. The average Bonchev–Trinajstić information content (AvgIpc) is 2.92. The Kier molecular flexibility index (Phi) is 9.53. The SMILES string of the molecule is CCCCc1nc2ccc(Br)cc2c(=O)n1N=Cc1cc(OC)c(OCC(=O)Nc2ccccc2C)cc1Br. The van der Waals surface area contributed by atoms with E-state index in [9.17, 15) is 9.59 Å². The van der Waals surface area contributed by atoms with Crippen LogP contribution in [0.1, 0.15) is 36.7 Å². The minimum absolute atomic E-state index is 0.195. The zero-order chi connectivity index (χ0) is 27.9. The largest absolute Gasteiger partial charge is 0.493 e. The number of carbonyl (C=O) groups excluding carboxylic acids is 1. The molecule has 0 radical (unpaired) electrons. The summed E-state index contributed by atoms with van der Waals surface area (Å²) in [7, 11) is 1.52. The van der Waals surface area contributed by atoms with E-state index in [1.54, 1.807) is 24.4 Å². The maximum Gasteiger partial charge on any atom is 0.282 e. The summed E-state index contributed by atoms with van der Waals surface area (Å²) in [4.78, 5) is 30.5. The molecule has 0 atom stereocenters. The van der Waals surface area contributed by atoms with Gasteiger partial charge in [-0.15, -0.1) is 0 Å². The highest BCUT2D eigenvalue weighted by atomic mass is 79.9. The van der Waals surface area contributed by atoms with E-state index in [1.165, 1.54) is 11.8 Å². The van der Waals surface area contributed by atoms with Gasteiger partial charge in [0, 0.05) is 26.6 Å². The van der Waals surface area contributed by atoms with Crippen molar-refractivity contribution in [3.8, 4) is 11.5 Å². The third kappa shape index (κ3) is 6.93. The van der Waals surface area contributed by atoms with Crippen molar-refractivity contribution < 1.29 is 14.3 Å². The summed E-state index contributed by atoms with van der Waals surface area (Å²) in [5.74, 6) is 1.11. The Bertz CT molecular complexity index is 1600. The number of nitrogens with zero attached hydrogens (tertiary/aromatic N) is 3. The molecule has 1 heterocycles. The summed E-state index contributed by atoms with van der Waals surface area (Å²) in [6.45, 7) is 3.81. The quantitative estimate of drug-likeness (QED) is 0.197. The van der Waals surface area contributed by atoms with Gasteiger partial charge in [0.1, 0.15) is 5.82 Å². The minimum Gasteiger partial charge on any atom is -0.493 e. The molecule has 0 aliphatic carbocycles. The standard InChI is InChI=1S/C29H28Br2N4O4/c1-4-5-10-27-33-24-12-11-20(30)14-21(24)29(37)35(27)32-16-19-13-25(38-3)26(15-22(19)31)39-17-28(36)34-23-9-7-6-8-18(23)2/h6-9,11-16H,4-5,10,17H2,1-3H3,(H,34,36). The number of aromatic nitrogens is 2. The number of ether oxygens (including phenoxy) is 2. The number of methoxy groups -OCH3 is 1. The van der Waals surface area contributed by atoms with E-state index < -0.39 is 0 Å². The molecule has 0 saturated heterocycles. The lowest BCUT2D eigenvalue weighted by atomic mass is 10.2. The van der Waals surface area contributed by atoms with Crippen LogP contribution >= 0.6 is 31.9 Å². The highest BCUT2D eigenvalue weighted by Gasteiger charge is 2.14. The van der Waals surface area contributed by atoms with Gasteiger partial charge in [0.05, 0.1) is 24.2 Å². The monoisotopic (exact) mass is 654 g/mol. The maximum atomic E-state index is 13.3. The summed E-state index contributed by atoms with van der Waals surface area (Å²) in [5, 5.41) is 7.84. The van der Waals surface area contributed by atoms with Crippen LogP contribution in [0, 0.1) is 6.92 Å². The molecular weight excluding hydrogens is 628 g/mol. The van der Waals surface area contributed by atoms with Gasteiger partial charge in [-0.3, -0.25) is 9.59 Å². The van der Waals surface area contributed by atoms with Crippen molar-refractivity contribution in [2.45, 2.75) is 33.1 Å². The second kappa shape index (κ2) is 13.0. The van der Waals surface area contributed by atoms with Crippen molar-refractivity contribution in [2.75, 3.05) is 19.0 Å². The topological polar surface area (TPSA) is 94.8 Å². The Morgan fingerprint density at radius 3 is 2.67 bits per heavy atom. The van der Waals surface area contributed by atoms with Gasteiger partial charge >= 0.3 is 0 Å². The molecule has 0 bridgehead atoms. The fraction of sp³-hybridized carbons (Fsp3) is 0.241. The summed E-state index contributed by atoms with van der Waals surface area (Å²) in [6.07, 6.45) is 4.04. The fourth-order valence-corrected chi connectivity index (χ4v) is 4.68. The van der Waals surface area contributed by atoms with Crippen LogP contribution in [0.15, 0.2) is 73.4 Å². The second-order valence-corrected chi connectivity index (χ2v) is 10.6. The molecule has 0 saturated carbocycles. The van der Waals surface area contributed by atoms with Crippen LogP contribution in [-0.2, 0) is 11.2 Å². The number of nitrogens with one attached hydrogen (secondary N) is 1. The first-order valence-corrected chi connectivity index (χ1v) is 14.0. The molecule has 0 aliphatic rings. The van der Waals surface area contributed by atoms with Crippen LogP contribution in [0.5, 0.6) is 11.5 Å². The van der Waals surface area contributed by atoms with Crippen LogP contribution in [0.25, 0.3) is 10.9 Å². The molecule has 0 aliphatic heterocycles. The van der Waals surface area contributed by atoms with Crippen molar-refractivity contribution in [1.29, 1.82) is 0 Å². The van der Waals surface area contributed by atoms with Gasteiger partial charge in [0.2, 0.25) is 0 Å². The Balaban J connectivity index is 1.59. The van der Waals surface area contributed by atoms with E-state index in [1.807, 2.05) is 43.3 Å². The van der Waals surface area contributed by atoms with E-state index in [-0.39, 0.29) is 18.1 Å². The highest BCUT2D eigenvalue weighted by Crippen LogP contribution is 2.33. The Morgan fingerprint density at radius 2 is 1.92 bits per heavy atom. The number of hydrogen-bond donors (Lipinski definition) is 1. The minimum atomic E-state index is -0.289. The van der Waals surface area contributed by atoms with Gasteiger partial charge in [0.15, 0.2) is 18.1 Å². The molecular formula is C29H28Br2N4O4. The number of anilines is 1. The van der Waals surface area contributed by atoms with Gasteiger partial charge in [-0.1, -0.05) is 47.5 Å². The lowest BCUT2D eigenvalue weighted by molar-refractivity contribution is -0.118. The predicted octanol–water partition coefficient (Wildman–Crippen LogP) is 6.48. The van der Waals surface area contributed by atoms with Crippen LogP contribution in [-0.4, -0.2) is 35.5 Å². The molecule has 4 aromatic rings. The average molecular weight is 656 g/mol. The molecule has 0 spiro atoms. The van der Waals surface area contributed by atoms with Crippen LogP contribution in [0.4, 0.5) is 5.69 Å². The Hall–Kier alpha value is -3.50. The van der Waals surface area contributed by atoms with Crippen molar-refractivity contribution >= 4 is 60.6 Å². The van der Waals surface area contributed by atoms with Gasteiger partial charge < -0.3 is 14.8 Å². The molecule has 10 heteroatoms. The molecule has 1 aromatic heterocycles. The number of fused-ring (bicyclic) bond motifs is 1. The fourth-order valence-electron chi connectivity index (χ4n) is 3.90. The normalized spacial score (nSPS) is 11.2. The predicted molar refractivity (Wildman–Crippen MR) is 161 cm³/mol. The molecule has 39 heavy (non-hydrogen) atoms. The van der Waals surface area contributed by atoms with E-state index >= 15 is 0 Å². The molecule has 202 valence electrons. The van der Waals surface area contributed by atoms with E-state index in [2.05, 4.69) is 49.2 Å². The number of aryl methyl sites for hydroxylation is 2. The summed E-state index contributed by atoms with van der Waals surface area (Å²) in [5.41, 5.74) is 2.74. The zero-order valence-electron chi connectivity index (χ0n) is 21.8. The van der Waals surface area contributed by atoms with E-state index in [0.29, 0.717) is 44.7 Å². The lowest BCUT2D eigenvalue weighted by Crippen LogP contribution is -2.22. The number of unbranched alkanes of at least 4 members (excludes halogenated alkanes) is 1. The first-order valence-electron chi connectivity index (χ1n) is 12.4. The summed E-state index contributed by atoms with van der Waals surface area (Å²) in [6, 6.07) is 16.4. The molecule has 4 rings (SSSR count). The number of benzene rings is 3. The van der Waals surface area contributed by atoms with E-state index in [4.69, 9.17) is 14.5 Å². The number of rotatable bonds is 10. The lowest BCUT2D eigenvalue weighted by Gasteiger charge is -2.13. The van der Waals surface area contributed by atoms with Gasteiger partial charge in [-0.25, -0.2) is 4.98 Å². The van der Waals surface area contributed by atoms with Gasteiger partial charge in [-0.05, 0) is 71.2 Å². The van der Waals surface area contributed by atoms with Crippen molar-refractivity contribution in [3.05, 3.63) is 90.8 Å². The summed E-state index contributed by atoms with van der Waals surface area (Å²) >= 11 is 6.98. The van der Waals surface area contributed by atoms with Crippen LogP contribution in [0.2, 0.25) is 0 Å². The molecule has 1 amide bonds. The first-order chi connectivity index (χ1) is 18.8. The maximum absolute atomic E-state index is 13.3. The highest BCUT2D eigenvalue weighted by molar-refractivity contribution is 9.10. The van der Waals surface area contributed by atoms with Crippen molar-refractivity contribution in [1.82, 2.24) is 9.66 Å². The Morgan fingerprint density at radius 1 is 1.13 bits per heavy atom.